The molecule has 2 aromatic rings. The van der Waals surface area contributed by atoms with Crippen LogP contribution in [0.4, 0.5) is 0 Å². The minimum atomic E-state index is -1.04. The SMILES string of the molecule is NC(N)(c1ccccc1)c1cncnc1. The van der Waals surface area contributed by atoms with Crippen LogP contribution in [0.2, 0.25) is 0 Å². The molecule has 0 aliphatic carbocycles. The molecule has 0 spiro atoms. The maximum atomic E-state index is 6.06. The maximum absolute atomic E-state index is 6.06. The molecule has 0 aliphatic rings. The third-order valence-electron chi connectivity index (χ3n) is 2.29. The van der Waals surface area contributed by atoms with E-state index in [0.29, 0.717) is 5.56 Å². The summed E-state index contributed by atoms with van der Waals surface area (Å²) in [5, 5.41) is 0. The number of nitrogens with zero attached hydrogens (tertiary/aromatic N) is 2. The fourth-order valence-electron chi connectivity index (χ4n) is 1.39. The topological polar surface area (TPSA) is 77.8 Å². The Morgan fingerprint density at radius 1 is 0.867 bits per heavy atom. The molecule has 0 bridgehead atoms. The van der Waals surface area contributed by atoms with Crippen LogP contribution in [0.1, 0.15) is 11.1 Å². The largest absolute Gasteiger partial charge is 0.306 e. The van der Waals surface area contributed by atoms with Crippen molar-refractivity contribution in [1.29, 1.82) is 0 Å². The second-order valence-electron chi connectivity index (χ2n) is 3.36. The number of aromatic nitrogens is 2. The molecule has 1 heterocycles. The molecule has 2 rings (SSSR count). The zero-order valence-corrected chi connectivity index (χ0v) is 8.17. The maximum Gasteiger partial charge on any atom is 0.119 e. The highest BCUT2D eigenvalue weighted by molar-refractivity contribution is 5.33. The van der Waals surface area contributed by atoms with Gasteiger partial charge in [0.2, 0.25) is 0 Å². The van der Waals surface area contributed by atoms with Gasteiger partial charge in [-0.15, -0.1) is 0 Å². The van der Waals surface area contributed by atoms with Crippen LogP contribution >= 0.6 is 0 Å². The van der Waals surface area contributed by atoms with Crippen LogP contribution in [0, 0.1) is 0 Å². The molecule has 1 aromatic heterocycles. The van der Waals surface area contributed by atoms with E-state index in [4.69, 9.17) is 11.5 Å². The second kappa shape index (κ2) is 3.76. The minimum Gasteiger partial charge on any atom is -0.306 e. The third kappa shape index (κ3) is 1.86. The van der Waals surface area contributed by atoms with E-state index in [1.54, 1.807) is 12.4 Å². The lowest BCUT2D eigenvalue weighted by Gasteiger charge is -2.24. The first kappa shape index (κ1) is 9.76. The van der Waals surface area contributed by atoms with Crippen LogP contribution in [0.3, 0.4) is 0 Å². The van der Waals surface area contributed by atoms with E-state index in [1.165, 1.54) is 6.33 Å². The number of nitrogens with two attached hydrogens (primary N) is 2. The average molecular weight is 200 g/mol. The first-order valence-electron chi connectivity index (χ1n) is 4.60. The van der Waals surface area contributed by atoms with E-state index >= 15 is 0 Å². The first-order valence-corrected chi connectivity index (χ1v) is 4.60. The summed E-state index contributed by atoms with van der Waals surface area (Å²) in [6.07, 6.45) is 4.70. The van der Waals surface area contributed by atoms with Crippen molar-refractivity contribution in [1.82, 2.24) is 9.97 Å². The van der Waals surface area contributed by atoms with E-state index < -0.39 is 5.66 Å². The van der Waals surface area contributed by atoms with Crippen molar-refractivity contribution >= 4 is 0 Å². The van der Waals surface area contributed by atoms with E-state index in [9.17, 15) is 0 Å². The van der Waals surface area contributed by atoms with Crippen molar-refractivity contribution in [2.24, 2.45) is 11.5 Å². The molecule has 0 atom stereocenters. The van der Waals surface area contributed by atoms with Gasteiger partial charge in [0, 0.05) is 18.0 Å². The Bertz CT molecular complexity index is 383. The molecule has 4 heteroatoms. The molecule has 0 amide bonds. The highest BCUT2D eigenvalue weighted by Gasteiger charge is 2.24. The Labute approximate surface area is 88.0 Å². The second-order valence-corrected chi connectivity index (χ2v) is 3.36. The summed E-state index contributed by atoms with van der Waals surface area (Å²) in [6.45, 7) is 0. The smallest absolute Gasteiger partial charge is 0.119 e. The quantitative estimate of drug-likeness (QED) is 0.696. The van der Waals surface area contributed by atoms with Crippen LogP contribution < -0.4 is 11.5 Å². The number of benzene rings is 1. The summed E-state index contributed by atoms with van der Waals surface area (Å²) >= 11 is 0. The van der Waals surface area contributed by atoms with Gasteiger partial charge in [-0.3, -0.25) is 0 Å². The molecule has 76 valence electrons. The summed E-state index contributed by atoms with van der Waals surface area (Å²) in [7, 11) is 0. The predicted molar refractivity (Wildman–Crippen MR) is 57.6 cm³/mol. The van der Waals surface area contributed by atoms with Gasteiger partial charge in [0.25, 0.3) is 0 Å². The van der Waals surface area contributed by atoms with Crippen molar-refractivity contribution in [3.8, 4) is 0 Å². The van der Waals surface area contributed by atoms with Gasteiger partial charge in [-0.05, 0) is 5.56 Å². The first-order chi connectivity index (χ1) is 7.21. The van der Waals surface area contributed by atoms with Crippen LogP contribution in [0.25, 0.3) is 0 Å². The van der Waals surface area contributed by atoms with Gasteiger partial charge >= 0.3 is 0 Å². The van der Waals surface area contributed by atoms with E-state index in [1.807, 2.05) is 30.3 Å². The molecule has 0 saturated carbocycles. The molecular weight excluding hydrogens is 188 g/mol. The van der Waals surface area contributed by atoms with Crippen molar-refractivity contribution in [3.63, 3.8) is 0 Å². The lowest BCUT2D eigenvalue weighted by atomic mass is 9.95. The van der Waals surface area contributed by atoms with Gasteiger partial charge in [-0.25, -0.2) is 9.97 Å². The lowest BCUT2D eigenvalue weighted by Crippen LogP contribution is -2.47. The van der Waals surface area contributed by atoms with Crippen LogP contribution in [-0.4, -0.2) is 9.97 Å². The Balaban J connectivity index is 2.44. The predicted octanol–water partition coefficient (Wildman–Crippen LogP) is 0.595. The standard InChI is InChI=1S/C11H12N4/c12-11(13,9-4-2-1-3-5-9)10-6-14-8-15-7-10/h1-8H,12-13H2. The number of rotatable bonds is 2. The molecule has 0 saturated heterocycles. The van der Waals surface area contributed by atoms with Gasteiger partial charge in [-0.1, -0.05) is 30.3 Å². The van der Waals surface area contributed by atoms with Gasteiger partial charge in [-0.2, -0.15) is 0 Å². The van der Waals surface area contributed by atoms with E-state index in [2.05, 4.69) is 9.97 Å². The summed E-state index contributed by atoms with van der Waals surface area (Å²) in [4.78, 5) is 7.81. The van der Waals surface area contributed by atoms with Crippen molar-refractivity contribution in [2.45, 2.75) is 5.66 Å². The molecule has 0 unspecified atom stereocenters. The molecule has 0 fully saturated rings. The van der Waals surface area contributed by atoms with E-state index in [0.717, 1.165) is 5.56 Å². The van der Waals surface area contributed by atoms with Gasteiger partial charge < -0.3 is 11.5 Å². The van der Waals surface area contributed by atoms with Gasteiger partial charge in [0.1, 0.15) is 12.0 Å². The Hall–Kier alpha value is -1.78. The third-order valence-corrected chi connectivity index (χ3v) is 2.29. The Kier molecular flexibility index (Phi) is 2.45. The monoisotopic (exact) mass is 200 g/mol. The average Bonchev–Trinajstić information content (AvgIpc) is 2.31. The molecule has 0 aliphatic heterocycles. The Morgan fingerprint density at radius 3 is 2.07 bits per heavy atom. The highest BCUT2D eigenvalue weighted by Crippen LogP contribution is 2.19. The van der Waals surface area contributed by atoms with Crippen molar-refractivity contribution in [3.05, 3.63) is 60.2 Å². The molecular formula is C11H12N4. The molecule has 1 aromatic carbocycles. The fraction of sp³-hybridized carbons (Fsp3) is 0.0909. The molecule has 4 nitrogen and oxygen atoms in total. The summed E-state index contributed by atoms with van der Waals surface area (Å²) in [5.74, 6) is 0. The fourth-order valence-corrected chi connectivity index (χ4v) is 1.39. The normalized spacial score (nSPS) is 11.3. The lowest BCUT2D eigenvalue weighted by molar-refractivity contribution is 0.562. The van der Waals surface area contributed by atoms with Gasteiger partial charge in [0.05, 0.1) is 0 Å². The van der Waals surface area contributed by atoms with Crippen LogP contribution in [0.15, 0.2) is 49.1 Å². The van der Waals surface area contributed by atoms with Gasteiger partial charge in [0.15, 0.2) is 0 Å². The van der Waals surface area contributed by atoms with Crippen LogP contribution in [-0.2, 0) is 5.66 Å². The van der Waals surface area contributed by atoms with Crippen molar-refractivity contribution in [2.75, 3.05) is 0 Å². The van der Waals surface area contributed by atoms with Crippen LogP contribution in [0.5, 0.6) is 0 Å². The number of hydrogen-bond donors (Lipinski definition) is 2. The zero-order valence-electron chi connectivity index (χ0n) is 8.17. The molecule has 4 N–H and O–H groups in total. The Morgan fingerprint density at radius 2 is 1.47 bits per heavy atom. The van der Waals surface area contributed by atoms with Crippen molar-refractivity contribution < 1.29 is 0 Å². The minimum absolute atomic E-state index is 0.691. The summed E-state index contributed by atoms with van der Waals surface area (Å²) in [5.41, 5.74) is 12.6. The zero-order chi connectivity index (χ0) is 10.7. The number of hydrogen-bond acceptors (Lipinski definition) is 4. The summed E-state index contributed by atoms with van der Waals surface area (Å²) < 4.78 is 0. The summed E-state index contributed by atoms with van der Waals surface area (Å²) in [6, 6.07) is 9.47. The highest BCUT2D eigenvalue weighted by atomic mass is 15.0. The molecule has 15 heavy (non-hydrogen) atoms. The molecule has 0 radical (unpaired) electrons. The van der Waals surface area contributed by atoms with E-state index in [-0.39, 0.29) is 0 Å².